The average molecular weight is 289 g/mol. The molecule has 1 aromatic carbocycles. The Balaban J connectivity index is 1.77. The predicted octanol–water partition coefficient (Wildman–Crippen LogP) is 1.59. The molecule has 6 heteroatoms. The van der Waals surface area contributed by atoms with Gasteiger partial charge in [0.05, 0.1) is 11.6 Å². The molecule has 112 valence electrons. The Morgan fingerprint density at radius 2 is 2.00 bits per heavy atom. The highest BCUT2D eigenvalue weighted by Gasteiger charge is 2.43. The first-order valence-corrected chi connectivity index (χ1v) is 6.98. The van der Waals surface area contributed by atoms with E-state index in [4.69, 9.17) is 5.21 Å². The fraction of sp³-hybridized carbons (Fsp3) is 0.400. The Morgan fingerprint density at radius 3 is 2.57 bits per heavy atom. The van der Waals surface area contributed by atoms with Crippen molar-refractivity contribution < 1.29 is 14.8 Å². The summed E-state index contributed by atoms with van der Waals surface area (Å²) >= 11 is 0. The standard InChI is InChI=1S/C15H19N3O3/c19-13(17-16-11-12-5-2-1-3-6-12)7-10-15(8-4-9-15)14(20)18-21/h1-3,5-6,11,21H,4,7-10H2,(H,17,19)(H,18,20)/b16-11+. The molecule has 0 heterocycles. The van der Waals surface area contributed by atoms with E-state index >= 15 is 0 Å². The van der Waals surface area contributed by atoms with Crippen LogP contribution in [0.1, 0.15) is 37.7 Å². The van der Waals surface area contributed by atoms with Gasteiger partial charge in [-0.3, -0.25) is 14.8 Å². The van der Waals surface area contributed by atoms with Crippen LogP contribution in [0.25, 0.3) is 0 Å². The summed E-state index contributed by atoms with van der Waals surface area (Å²) in [6.45, 7) is 0. The second-order valence-corrected chi connectivity index (χ2v) is 5.28. The zero-order chi connectivity index (χ0) is 15.1. The van der Waals surface area contributed by atoms with Crippen molar-refractivity contribution in [1.29, 1.82) is 0 Å². The molecule has 0 aromatic heterocycles. The minimum absolute atomic E-state index is 0.208. The normalized spacial score (nSPS) is 16.2. The van der Waals surface area contributed by atoms with Gasteiger partial charge in [0.25, 0.3) is 0 Å². The Labute approximate surface area is 123 Å². The zero-order valence-corrected chi connectivity index (χ0v) is 11.7. The summed E-state index contributed by atoms with van der Waals surface area (Å²) < 4.78 is 0. The molecule has 6 nitrogen and oxygen atoms in total. The molecule has 1 aliphatic carbocycles. The molecule has 2 amide bonds. The van der Waals surface area contributed by atoms with E-state index in [1.54, 1.807) is 11.7 Å². The molecule has 1 aliphatic rings. The summed E-state index contributed by atoms with van der Waals surface area (Å²) in [5, 5.41) is 12.6. The van der Waals surface area contributed by atoms with Crippen LogP contribution in [0.3, 0.4) is 0 Å². The number of amides is 2. The first-order chi connectivity index (χ1) is 10.2. The molecule has 21 heavy (non-hydrogen) atoms. The Hall–Kier alpha value is -2.21. The number of rotatable bonds is 6. The van der Waals surface area contributed by atoms with Crippen molar-refractivity contribution in [2.45, 2.75) is 32.1 Å². The lowest BCUT2D eigenvalue weighted by Gasteiger charge is -2.39. The molecule has 0 bridgehead atoms. The molecule has 0 spiro atoms. The molecule has 0 aliphatic heterocycles. The number of hydrazone groups is 1. The molecule has 0 radical (unpaired) electrons. The van der Waals surface area contributed by atoms with Crippen LogP contribution in [-0.2, 0) is 9.59 Å². The topological polar surface area (TPSA) is 90.8 Å². The molecule has 0 unspecified atom stereocenters. The lowest BCUT2D eigenvalue weighted by atomic mass is 9.65. The van der Waals surface area contributed by atoms with Crippen molar-refractivity contribution in [2.75, 3.05) is 0 Å². The van der Waals surface area contributed by atoms with Crippen LogP contribution in [0.5, 0.6) is 0 Å². The second-order valence-electron chi connectivity index (χ2n) is 5.28. The van der Waals surface area contributed by atoms with Gasteiger partial charge in [-0.2, -0.15) is 5.10 Å². The summed E-state index contributed by atoms with van der Waals surface area (Å²) in [6, 6.07) is 9.43. The summed E-state index contributed by atoms with van der Waals surface area (Å²) in [6.07, 6.45) is 4.56. The van der Waals surface area contributed by atoms with Gasteiger partial charge in [0.1, 0.15) is 0 Å². The van der Waals surface area contributed by atoms with Crippen LogP contribution in [0, 0.1) is 5.41 Å². The van der Waals surface area contributed by atoms with Crippen LogP contribution in [0.15, 0.2) is 35.4 Å². The number of carbonyl (C=O) groups excluding carboxylic acids is 2. The van der Waals surface area contributed by atoms with Gasteiger partial charge < -0.3 is 0 Å². The lowest BCUT2D eigenvalue weighted by Crippen LogP contribution is -2.45. The van der Waals surface area contributed by atoms with Crippen molar-refractivity contribution in [3.63, 3.8) is 0 Å². The third-order valence-corrected chi connectivity index (χ3v) is 3.93. The maximum atomic E-state index is 11.7. The Morgan fingerprint density at radius 1 is 1.29 bits per heavy atom. The second kappa shape index (κ2) is 6.99. The van der Waals surface area contributed by atoms with Gasteiger partial charge in [0.2, 0.25) is 11.8 Å². The highest BCUT2D eigenvalue weighted by atomic mass is 16.5. The minimum atomic E-state index is -0.588. The van der Waals surface area contributed by atoms with E-state index < -0.39 is 11.3 Å². The van der Waals surface area contributed by atoms with Gasteiger partial charge in [-0.05, 0) is 24.8 Å². The molecule has 0 saturated heterocycles. The van der Waals surface area contributed by atoms with E-state index in [-0.39, 0.29) is 12.3 Å². The summed E-state index contributed by atoms with van der Waals surface area (Å²) in [4.78, 5) is 23.3. The number of nitrogens with zero attached hydrogens (tertiary/aromatic N) is 1. The fourth-order valence-corrected chi connectivity index (χ4v) is 2.44. The van der Waals surface area contributed by atoms with Crippen molar-refractivity contribution in [2.24, 2.45) is 10.5 Å². The van der Waals surface area contributed by atoms with Crippen LogP contribution in [-0.4, -0.2) is 23.2 Å². The highest BCUT2D eigenvalue weighted by molar-refractivity contribution is 5.84. The maximum absolute atomic E-state index is 11.7. The molecule has 1 aromatic rings. The van der Waals surface area contributed by atoms with Crippen LogP contribution >= 0.6 is 0 Å². The largest absolute Gasteiger partial charge is 0.289 e. The average Bonchev–Trinajstić information content (AvgIpc) is 2.47. The first kappa shape index (κ1) is 15.2. The molecular weight excluding hydrogens is 270 g/mol. The predicted molar refractivity (Wildman–Crippen MR) is 77.6 cm³/mol. The molecular formula is C15H19N3O3. The molecule has 1 saturated carbocycles. The monoisotopic (exact) mass is 289 g/mol. The van der Waals surface area contributed by atoms with E-state index in [0.29, 0.717) is 19.3 Å². The number of nitrogens with one attached hydrogen (secondary N) is 2. The van der Waals surface area contributed by atoms with Gasteiger partial charge in [0, 0.05) is 6.42 Å². The molecule has 3 N–H and O–H groups in total. The van der Waals surface area contributed by atoms with Crippen LogP contribution in [0.4, 0.5) is 0 Å². The van der Waals surface area contributed by atoms with E-state index in [9.17, 15) is 9.59 Å². The molecule has 1 fully saturated rings. The Bertz CT molecular complexity index is 524. The number of hydrogen-bond acceptors (Lipinski definition) is 4. The van der Waals surface area contributed by atoms with Gasteiger partial charge in [-0.25, -0.2) is 10.9 Å². The third kappa shape index (κ3) is 3.88. The van der Waals surface area contributed by atoms with Gasteiger partial charge >= 0.3 is 0 Å². The maximum Gasteiger partial charge on any atom is 0.249 e. The van der Waals surface area contributed by atoms with E-state index in [0.717, 1.165) is 12.0 Å². The van der Waals surface area contributed by atoms with Crippen molar-refractivity contribution in [3.8, 4) is 0 Å². The Kier molecular flexibility index (Phi) is 5.05. The third-order valence-electron chi connectivity index (χ3n) is 3.93. The quantitative estimate of drug-likeness (QED) is 0.422. The number of carbonyl (C=O) groups is 2. The zero-order valence-electron chi connectivity index (χ0n) is 11.7. The number of benzene rings is 1. The van der Waals surface area contributed by atoms with E-state index in [2.05, 4.69) is 10.5 Å². The summed E-state index contributed by atoms with van der Waals surface area (Å²) in [5.41, 5.74) is 4.45. The van der Waals surface area contributed by atoms with Gasteiger partial charge in [-0.15, -0.1) is 0 Å². The first-order valence-electron chi connectivity index (χ1n) is 6.98. The van der Waals surface area contributed by atoms with Crippen molar-refractivity contribution in [3.05, 3.63) is 35.9 Å². The molecule has 2 rings (SSSR count). The number of hydrogen-bond donors (Lipinski definition) is 3. The smallest absolute Gasteiger partial charge is 0.249 e. The summed E-state index contributed by atoms with van der Waals surface area (Å²) in [7, 11) is 0. The van der Waals surface area contributed by atoms with E-state index in [1.165, 1.54) is 0 Å². The van der Waals surface area contributed by atoms with Crippen molar-refractivity contribution in [1.82, 2.24) is 10.9 Å². The fourth-order valence-electron chi connectivity index (χ4n) is 2.44. The van der Waals surface area contributed by atoms with Crippen LogP contribution in [0.2, 0.25) is 0 Å². The SMILES string of the molecule is O=C(CCC1(C(=O)NO)CCC1)N/N=C/c1ccccc1. The van der Waals surface area contributed by atoms with Gasteiger partial charge in [0.15, 0.2) is 0 Å². The lowest BCUT2D eigenvalue weighted by molar-refractivity contribution is -0.146. The molecule has 0 atom stereocenters. The van der Waals surface area contributed by atoms with E-state index in [1.807, 2.05) is 30.3 Å². The van der Waals surface area contributed by atoms with Crippen molar-refractivity contribution >= 4 is 18.0 Å². The highest BCUT2D eigenvalue weighted by Crippen LogP contribution is 2.44. The number of hydroxylamine groups is 1. The minimum Gasteiger partial charge on any atom is -0.289 e. The summed E-state index contributed by atoms with van der Waals surface area (Å²) in [5.74, 6) is -0.631. The van der Waals surface area contributed by atoms with Gasteiger partial charge in [-0.1, -0.05) is 36.8 Å². The van der Waals surface area contributed by atoms with Crippen LogP contribution < -0.4 is 10.9 Å².